The number of aryl methyl sites for hydroxylation is 2. The molecule has 0 saturated heterocycles. The Bertz CT molecular complexity index is 548. The molecule has 0 aliphatic carbocycles. The van der Waals surface area contributed by atoms with Gasteiger partial charge in [0, 0.05) is 12.5 Å². The molecular formula is C13H17N3O2S. The number of amides is 1. The number of furan rings is 1. The number of anilines is 1. The van der Waals surface area contributed by atoms with Crippen LogP contribution in [-0.4, -0.2) is 16.9 Å². The van der Waals surface area contributed by atoms with Crippen LogP contribution in [-0.2, 0) is 6.42 Å². The van der Waals surface area contributed by atoms with Crippen LogP contribution in [0.1, 0.15) is 34.5 Å². The highest BCUT2D eigenvalue weighted by Gasteiger charge is 2.16. The summed E-state index contributed by atoms with van der Waals surface area (Å²) in [4.78, 5) is 16.7. The Morgan fingerprint density at radius 2 is 2.42 bits per heavy atom. The lowest BCUT2D eigenvalue weighted by Crippen LogP contribution is -2.32. The summed E-state index contributed by atoms with van der Waals surface area (Å²) in [5, 5.41) is 3.37. The van der Waals surface area contributed by atoms with E-state index in [-0.39, 0.29) is 11.9 Å². The second kappa shape index (κ2) is 5.88. The van der Waals surface area contributed by atoms with Crippen LogP contribution in [0.15, 0.2) is 22.8 Å². The minimum atomic E-state index is -0.112. The van der Waals surface area contributed by atoms with Gasteiger partial charge in [-0.25, -0.2) is 4.98 Å². The minimum absolute atomic E-state index is 0.0697. The van der Waals surface area contributed by atoms with Crippen LogP contribution >= 0.6 is 11.3 Å². The number of hydrogen-bond acceptors (Lipinski definition) is 5. The molecule has 0 spiro atoms. The second-order valence-electron chi connectivity index (χ2n) is 4.46. The summed E-state index contributed by atoms with van der Waals surface area (Å²) in [6, 6.07) is 3.87. The van der Waals surface area contributed by atoms with Crippen molar-refractivity contribution in [2.24, 2.45) is 0 Å². The highest BCUT2D eigenvalue weighted by molar-refractivity contribution is 7.17. The Morgan fingerprint density at radius 1 is 1.63 bits per heavy atom. The summed E-state index contributed by atoms with van der Waals surface area (Å²) >= 11 is 1.22. The second-order valence-corrected chi connectivity index (χ2v) is 5.49. The first kappa shape index (κ1) is 13.6. The van der Waals surface area contributed by atoms with Crippen molar-refractivity contribution in [1.82, 2.24) is 10.3 Å². The number of rotatable bonds is 5. The molecular weight excluding hydrogens is 262 g/mol. The first-order valence-electron chi connectivity index (χ1n) is 6.12. The van der Waals surface area contributed by atoms with E-state index in [2.05, 4.69) is 10.3 Å². The average molecular weight is 279 g/mol. The smallest absolute Gasteiger partial charge is 0.263 e. The van der Waals surface area contributed by atoms with Gasteiger partial charge in [-0.15, -0.1) is 0 Å². The molecule has 19 heavy (non-hydrogen) atoms. The third-order valence-electron chi connectivity index (χ3n) is 2.80. The van der Waals surface area contributed by atoms with Crippen molar-refractivity contribution in [3.8, 4) is 0 Å². The summed E-state index contributed by atoms with van der Waals surface area (Å²) in [7, 11) is 0. The topological polar surface area (TPSA) is 81.1 Å². The van der Waals surface area contributed by atoms with Gasteiger partial charge in [0.05, 0.1) is 12.0 Å². The Kier molecular flexibility index (Phi) is 4.21. The predicted octanol–water partition coefficient (Wildman–Crippen LogP) is 2.38. The molecule has 1 unspecified atom stereocenters. The summed E-state index contributed by atoms with van der Waals surface area (Å²) in [6.45, 7) is 3.76. The predicted molar refractivity (Wildman–Crippen MR) is 75.2 cm³/mol. The van der Waals surface area contributed by atoms with Crippen molar-refractivity contribution in [2.75, 3.05) is 5.73 Å². The van der Waals surface area contributed by atoms with Crippen molar-refractivity contribution in [1.29, 1.82) is 0 Å². The maximum absolute atomic E-state index is 12.0. The first-order chi connectivity index (χ1) is 9.06. The molecule has 2 aromatic rings. The fourth-order valence-electron chi connectivity index (χ4n) is 1.80. The van der Waals surface area contributed by atoms with E-state index >= 15 is 0 Å². The fraction of sp³-hybridized carbons (Fsp3) is 0.385. The number of nitrogen functional groups attached to an aromatic ring is 1. The van der Waals surface area contributed by atoms with Gasteiger partial charge in [0.1, 0.15) is 10.6 Å². The molecule has 5 nitrogen and oxygen atoms in total. The lowest BCUT2D eigenvalue weighted by Gasteiger charge is -2.12. The van der Waals surface area contributed by atoms with E-state index < -0.39 is 0 Å². The maximum Gasteiger partial charge on any atom is 0.263 e. The SMILES string of the molecule is Cc1nc(N)sc1C(=O)NC(C)CCc1ccco1. The van der Waals surface area contributed by atoms with Gasteiger partial charge in [-0.2, -0.15) is 0 Å². The summed E-state index contributed by atoms with van der Waals surface area (Å²) in [6.07, 6.45) is 3.28. The molecule has 1 amide bonds. The van der Waals surface area contributed by atoms with E-state index in [9.17, 15) is 4.79 Å². The number of carbonyl (C=O) groups is 1. The Hall–Kier alpha value is -1.82. The number of thiazole rings is 1. The lowest BCUT2D eigenvalue weighted by molar-refractivity contribution is 0.0941. The van der Waals surface area contributed by atoms with Crippen LogP contribution in [0.4, 0.5) is 5.13 Å². The van der Waals surface area contributed by atoms with E-state index in [1.165, 1.54) is 11.3 Å². The van der Waals surface area contributed by atoms with Gasteiger partial charge in [-0.05, 0) is 32.4 Å². The number of hydrogen-bond donors (Lipinski definition) is 2. The molecule has 0 radical (unpaired) electrons. The molecule has 1 atom stereocenters. The zero-order chi connectivity index (χ0) is 13.8. The standard InChI is InChI=1S/C13H17N3O2S/c1-8(5-6-10-4-3-7-18-10)15-12(17)11-9(2)16-13(14)19-11/h3-4,7-8H,5-6H2,1-2H3,(H2,14,16)(H,15,17). The van der Waals surface area contributed by atoms with Gasteiger partial charge in [0.15, 0.2) is 5.13 Å². The lowest BCUT2D eigenvalue weighted by atomic mass is 10.1. The number of nitrogens with one attached hydrogen (secondary N) is 1. The Balaban J connectivity index is 1.86. The zero-order valence-electron chi connectivity index (χ0n) is 11.0. The third-order valence-corrected chi connectivity index (χ3v) is 3.79. The molecule has 0 aliphatic rings. The molecule has 2 aromatic heterocycles. The van der Waals surface area contributed by atoms with Crippen LogP contribution in [0.3, 0.4) is 0 Å². The number of aromatic nitrogens is 1. The van der Waals surface area contributed by atoms with E-state index in [4.69, 9.17) is 10.2 Å². The van der Waals surface area contributed by atoms with Crippen LogP contribution in [0.5, 0.6) is 0 Å². The van der Waals surface area contributed by atoms with E-state index in [1.54, 1.807) is 13.2 Å². The molecule has 0 aromatic carbocycles. The number of carbonyl (C=O) groups excluding carboxylic acids is 1. The molecule has 2 rings (SSSR count). The molecule has 3 N–H and O–H groups in total. The normalized spacial score (nSPS) is 12.3. The van der Waals surface area contributed by atoms with Gasteiger partial charge in [-0.3, -0.25) is 4.79 Å². The van der Waals surface area contributed by atoms with Crippen molar-refractivity contribution < 1.29 is 9.21 Å². The minimum Gasteiger partial charge on any atom is -0.469 e. The van der Waals surface area contributed by atoms with E-state index in [1.807, 2.05) is 19.1 Å². The summed E-state index contributed by atoms with van der Waals surface area (Å²) < 4.78 is 5.26. The maximum atomic E-state index is 12.0. The molecule has 2 heterocycles. The van der Waals surface area contributed by atoms with Gasteiger partial charge >= 0.3 is 0 Å². The Morgan fingerprint density at radius 3 is 3.00 bits per heavy atom. The van der Waals surface area contributed by atoms with Crippen molar-refractivity contribution in [3.63, 3.8) is 0 Å². The third kappa shape index (κ3) is 3.57. The van der Waals surface area contributed by atoms with Gasteiger partial charge in [-0.1, -0.05) is 11.3 Å². The van der Waals surface area contributed by atoms with Crippen LogP contribution in [0.25, 0.3) is 0 Å². The van der Waals surface area contributed by atoms with Crippen molar-refractivity contribution in [3.05, 3.63) is 34.7 Å². The largest absolute Gasteiger partial charge is 0.469 e. The van der Waals surface area contributed by atoms with Gasteiger partial charge in [0.2, 0.25) is 0 Å². The Labute approximate surface area is 115 Å². The first-order valence-corrected chi connectivity index (χ1v) is 6.94. The van der Waals surface area contributed by atoms with E-state index in [0.29, 0.717) is 15.7 Å². The number of nitrogens with zero attached hydrogens (tertiary/aromatic N) is 1. The molecule has 102 valence electrons. The van der Waals surface area contributed by atoms with Crippen molar-refractivity contribution in [2.45, 2.75) is 32.7 Å². The highest BCUT2D eigenvalue weighted by atomic mass is 32.1. The van der Waals surface area contributed by atoms with E-state index in [0.717, 1.165) is 18.6 Å². The molecule has 6 heteroatoms. The van der Waals surface area contributed by atoms with Gasteiger partial charge < -0.3 is 15.5 Å². The van der Waals surface area contributed by atoms with Crippen LogP contribution in [0.2, 0.25) is 0 Å². The average Bonchev–Trinajstić information content (AvgIpc) is 2.96. The zero-order valence-corrected chi connectivity index (χ0v) is 11.8. The van der Waals surface area contributed by atoms with Gasteiger partial charge in [0.25, 0.3) is 5.91 Å². The molecule has 0 bridgehead atoms. The molecule has 0 saturated carbocycles. The summed E-state index contributed by atoms with van der Waals surface area (Å²) in [5.41, 5.74) is 6.26. The highest BCUT2D eigenvalue weighted by Crippen LogP contribution is 2.19. The monoisotopic (exact) mass is 279 g/mol. The summed E-state index contributed by atoms with van der Waals surface area (Å²) in [5.74, 6) is 0.818. The van der Waals surface area contributed by atoms with Crippen LogP contribution < -0.4 is 11.1 Å². The van der Waals surface area contributed by atoms with Crippen LogP contribution in [0, 0.1) is 6.92 Å². The van der Waals surface area contributed by atoms with Crippen molar-refractivity contribution >= 4 is 22.4 Å². The fourth-order valence-corrected chi connectivity index (χ4v) is 2.54. The quantitative estimate of drug-likeness (QED) is 0.880. The molecule has 0 aliphatic heterocycles. The molecule has 0 fully saturated rings. The number of nitrogens with two attached hydrogens (primary N) is 1.